The Morgan fingerprint density at radius 2 is 2.16 bits per heavy atom. The number of hydrogen-bond donors (Lipinski definition) is 0. The molecule has 0 aliphatic carbocycles. The summed E-state index contributed by atoms with van der Waals surface area (Å²) in [6.07, 6.45) is 2.35. The predicted molar refractivity (Wildman–Crippen MR) is 72.9 cm³/mol. The first kappa shape index (κ1) is 12.2. The molecule has 1 aromatic carbocycles. The summed E-state index contributed by atoms with van der Waals surface area (Å²) in [5.74, 6) is 0.140. The largest absolute Gasteiger partial charge is 0.333 e. The van der Waals surface area contributed by atoms with Gasteiger partial charge in [-0.25, -0.2) is 0 Å². The smallest absolute Gasteiger partial charge is 0.246 e. The first-order valence-corrected chi connectivity index (χ1v) is 6.84. The molecule has 2 aliphatic rings. The second-order valence-electron chi connectivity index (χ2n) is 5.36. The highest BCUT2D eigenvalue weighted by Crippen LogP contribution is 2.32. The van der Waals surface area contributed by atoms with Crippen LogP contribution in [-0.2, 0) is 16.0 Å². The maximum absolute atomic E-state index is 12.5. The van der Waals surface area contributed by atoms with Crippen molar-refractivity contribution in [1.29, 1.82) is 0 Å². The van der Waals surface area contributed by atoms with E-state index in [1.54, 1.807) is 4.90 Å². The van der Waals surface area contributed by atoms with Gasteiger partial charge in [0.1, 0.15) is 6.54 Å². The zero-order valence-electron chi connectivity index (χ0n) is 11.1. The molecule has 4 heteroatoms. The third-order valence-electron chi connectivity index (χ3n) is 3.97. The fourth-order valence-electron chi connectivity index (χ4n) is 3.06. The van der Waals surface area contributed by atoms with Gasteiger partial charge in [0.15, 0.2) is 0 Å². The third-order valence-corrected chi connectivity index (χ3v) is 3.97. The normalized spacial score (nSPS) is 21.9. The Hall–Kier alpha value is -1.84. The van der Waals surface area contributed by atoms with Crippen LogP contribution in [0.2, 0.25) is 0 Å². The predicted octanol–water partition coefficient (Wildman–Crippen LogP) is 1.59. The molecule has 1 fully saturated rings. The van der Waals surface area contributed by atoms with Crippen LogP contribution in [0.4, 0.5) is 5.69 Å². The van der Waals surface area contributed by atoms with Crippen molar-refractivity contribution in [2.45, 2.75) is 32.2 Å². The van der Waals surface area contributed by atoms with E-state index in [0.29, 0.717) is 13.0 Å². The highest BCUT2D eigenvalue weighted by molar-refractivity contribution is 5.99. The van der Waals surface area contributed by atoms with Crippen LogP contribution in [0.25, 0.3) is 0 Å². The number of nitrogens with zero attached hydrogens (tertiary/aromatic N) is 2. The van der Waals surface area contributed by atoms with Crippen molar-refractivity contribution in [2.24, 2.45) is 0 Å². The van der Waals surface area contributed by atoms with Crippen molar-refractivity contribution >= 4 is 17.5 Å². The molecule has 0 aromatic heterocycles. The molecule has 2 heterocycles. The van der Waals surface area contributed by atoms with Crippen molar-refractivity contribution in [2.75, 3.05) is 18.0 Å². The van der Waals surface area contributed by atoms with Crippen LogP contribution in [0, 0.1) is 0 Å². The van der Waals surface area contributed by atoms with Crippen LogP contribution in [0.15, 0.2) is 24.3 Å². The molecule has 19 heavy (non-hydrogen) atoms. The van der Waals surface area contributed by atoms with Gasteiger partial charge in [0.05, 0.1) is 0 Å². The van der Waals surface area contributed by atoms with Gasteiger partial charge >= 0.3 is 0 Å². The SMILES string of the molecule is CC1Cc2ccccc2N1C(=O)CN1CCCC1=O. The second-order valence-corrected chi connectivity index (χ2v) is 5.36. The van der Waals surface area contributed by atoms with Gasteiger partial charge < -0.3 is 9.80 Å². The fourth-order valence-corrected chi connectivity index (χ4v) is 3.06. The Morgan fingerprint density at radius 1 is 1.37 bits per heavy atom. The number of rotatable bonds is 2. The van der Waals surface area contributed by atoms with Crippen LogP contribution < -0.4 is 4.90 Å². The molecular weight excluding hydrogens is 240 g/mol. The molecule has 1 saturated heterocycles. The van der Waals surface area contributed by atoms with Gasteiger partial charge in [-0.05, 0) is 31.4 Å². The summed E-state index contributed by atoms with van der Waals surface area (Å²) >= 11 is 0. The molecule has 4 nitrogen and oxygen atoms in total. The summed E-state index contributed by atoms with van der Waals surface area (Å²) in [5, 5.41) is 0. The average Bonchev–Trinajstić information content (AvgIpc) is 2.92. The van der Waals surface area contributed by atoms with Crippen LogP contribution in [0.3, 0.4) is 0 Å². The number of para-hydroxylation sites is 1. The molecule has 0 radical (unpaired) electrons. The molecule has 100 valence electrons. The number of benzene rings is 1. The van der Waals surface area contributed by atoms with Crippen LogP contribution in [-0.4, -0.2) is 35.8 Å². The monoisotopic (exact) mass is 258 g/mol. The highest BCUT2D eigenvalue weighted by atomic mass is 16.2. The van der Waals surface area contributed by atoms with E-state index in [-0.39, 0.29) is 24.4 Å². The van der Waals surface area contributed by atoms with E-state index in [4.69, 9.17) is 0 Å². The third kappa shape index (κ3) is 2.11. The number of carbonyl (C=O) groups excluding carboxylic acids is 2. The maximum atomic E-state index is 12.5. The number of anilines is 1. The lowest BCUT2D eigenvalue weighted by Crippen LogP contribution is -2.43. The summed E-state index contributed by atoms with van der Waals surface area (Å²) in [4.78, 5) is 27.6. The first-order valence-electron chi connectivity index (χ1n) is 6.84. The number of likely N-dealkylation sites (tertiary alicyclic amines) is 1. The molecule has 1 unspecified atom stereocenters. The summed E-state index contributed by atoms with van der Waals surface area (Å²) in [6, 6.07) is 8.20. The molecule has 3 rings (SSSR count). The lowest BCUT2D eigenvalue weighted by molar-refractivity contribution is -0.132. The Bertz CT molecular complexity index is 527. The Labute approximate surface area is 113 Å². The topological polar surface area (TPSA) is 40.6 Å². The standard InChI is InChI=1S/C15H18N2O2/c1-11-9-12-5-2-3-6-13(12)17(11)15(19)10-16-8-4-7-14(16)18/h2-3,5-6,11H,4,7-10H2,1H3. The summed E-state index contributed by atoms with van der Waals surface area (Å²) < 4.78 is 0. The van der Waals surface area contributed by atoms with Gasteiger partial charge in [-0.2, -0.15) is 0 Å². The zero-order chi connectivity index (χ0) is 13.4. The molecule has 0 N–H and O–H groups in total. The minimum Gasteiger partial charge on any atom is -0.333 e. The molecule has 2 amide bonds. The summed E-state index contributed by atoms with van der Waals surface area (Å²) in [6.45, 7) is 3.00. The lowest BCUT2D eigenvalue weighted by Gasteiger charge is -2.25. The Morgan fingerprint density at radius 3 is 2.89 bits per heavy atom. The number of hydrogen-bond acceptors (Lipinski definition) is 2. The summed E-state index contributed by atoms with van der Waals surface area (Å²) in [7, 11) is 0. The molecule has 0 bridgehead atoms. The van der Waals surface area contributed by atoms with Crippen molar-refractivity contribution in [1.82, 2.24) is 4.90 Å². The van der Waals surface area contributed by atoms with Crippen molar-refractivity contribution in [3.05, 3.63) is 29.8 Å². The minimum absolute atomic E-state index is 0.0349. The van der Waals surface area contributed by atoms with Crippen molar-refractivity contribution < 1.29 is 9.59 Å². The van der Waals surface area contributed by atoms with Gasteiger partial charge in [-0.1, -0.05) is 18.2 Å². The molecule has 1 aromatic rings. The van der Waals surface area contributed by atoms with E-state index < -0.39 is 0 Å². The van der Waals surface area contributed by atoms with Gasteiger partial charge in [-0.3, -0.25) is 9.59 Å². The minimum atomic E-state index is 0.0349. The Kier molecular flexibility index (Phi) is 3.01. The van der Waals surface area contributed by atoms with Gasteiger partial charge in [0, 0.05) is 24.7 Å². The highest BCUT2D eigenvalue weighted by Gasteiger charge is 2.32. The molecule has 2 aliphatic heterocycles. The van der Waals surface area contributed by atoms with E-state index in [0.717, 1.165) is 18.5 Å². The molecular formula is C15H18N2O2. The van der Waals surface area contributed by atoms with Gasteiger partial charge in [0.25, 0.3) is 0 Å². The average molecular weight is 258 g/mol. The molecule has 0 spiro atoms. The number of amides is 2. The quantitative estimate of drug-likeness (QED) is 0.808. The van der Waals surface area contributed by atoms with E-state index in [1.807, 2.05) is 23.1 Å². The van der Waals surface area contributed by atoms with Crippen LogP contribution in [0.1, 0.15) is 25.3 Å². The zero-order valence-corrected chi connectivity index (χ0v) is 11.1. The van der Waals surface area contributed by atoms with Crippen LogP contribution in [0.5, 0.6) is 0 Å². The number of carbonyl (C=O) groups is 2. The molecule has 1 atom stereocenters. The summed E-state index contributed by atoms with van der Waals surface area (Å²) in [5.41, 5.74) is 2.22. The maximum Gasteiger partial charge on any atom is 0.246 e. The van der Waals surface area contributed by atoms with E-state index in [2.05, 4.69) is 13.0 Å². The van der Waals surface area contributed by atoms with Crippen molar-refractivity contribution in [3.8, 4) is 0 Å². The van der Waals surface area contributed by atoms with Gasteiger partial charge in [0.2, 0.25) is 11.8 Å². The second kappa shape index (κ2) is 4.68. The van der Waals surface area contributed by atoms with Gasteiger partial charge in [-0.15, -0.1) is 0 Å². The molecule has 0 saturated carbocycles. The van der Waals surface area contributed by atoms with E-state index in [1.165, 1.54) is 5.56 Å². The Balaban J connectivity index is 1.78. The van der Waals surface area contributed by atoms with E-state index >= 15 is 0 Å². The fraction of sp³-hybridized carbons (Fsp3) is 0.467. The van der Waals surface area contributed by atoms with Crippen molar-refractivity contribution in [3.63, 3.8) is 0 Å². The lowest BCUT2D eigenvalue weighted by atomic mass is 10.1. The number of fused-ring (bicyclic) bond motifs is 1. The van der Waals surface area contributed by atoms with E-state index in [9.17, 15) is 9.59 Å². The first-order chi connectivity index (χ1) is 9.16. The van der Waals surface area contributed by atoms with Crippen LogP contribution >= 0.6 is 0 Å².